The lowest BCUT2D eigenvalue weighted by molar-refractivity contribution is -0.121. The zero-order chi connectivity index (χ0) is 10.6. The van der Waals surface area contributed by atoms with E-state index >= 15 is 0 Å². The minimum absolute atomic E-state index is 0.128. The molecule has 0 aromatic heterocycles. The molecule has 3 N–H and O–H groups in total. The number of rotatable bonds is 4. The fourth-order valence-corrected chi connectivity index (χ4v) is 2.00. The van der Waals surface area contributed by atoms with Gasteiger partial charge >= 0.3 is 0 Å². The summed E-state index contributed by atoms with van der Waals surface area (Å²) in [4.78, 5) is 11.4. The summed E-state index contributed by atoms with van der Waals surface area (Å²) in [6.45, 7) is 4.18. The SMILES string of the molecule is CC(N)CCC(=O)NC1CCC(C)C1. The molecule has 0 bridgehead atoms. The van der Waals surface area contributed by atoms with Gasteiger partial charge in [0, 0.05) is 18.5 Å². The van der Waals surface area contributed by atoms with Crippen LogP contribution in [0.25, 0.3) is 0 Å². The van der Waals surface area contributed by atoms with E-state index in [0.717, 1.165) is 25.2 Å². The number of nitrogens with two attached hydrogens (primary N) is 1. The predicted molar refractivity (Wildman–Crippen MR) is 57.8 cm³/mol. The van der Waals surface area contributed by atoms with Crippen molar-refractivity contribution in [1.29, 1.82) is 0 Å². The summed E-state index contributed by atoms with van der Waals surface area (Å²) >= 11 is 0. The molecule has 0 aromatic carbocycles. The summed E-state index contributed by atoms with van der Waals surface area (Å²) in [7, 11) is 0. The quantitative estimate of drug-likeness (QED) is 0.717. The number of carbonyl (C=O) groups is 1. The summed E-state index contributed by atoms with van der Waals surface area (Å²) in [6.07, 6.45) is 4.89. The second-order valence-corrected chi connectivity index (χ2v) is 4.70. The largest absolute Gasteiger partial charge is 0.353 e. The Hall–Kier alpha value is -0.570. The van der Waals surface area contributed by atoms with Crippen LogP contribution in [0, 0.1) is 5.92 Å². The molecular formula is C11H22N2O. The Morgan fingerprint density at radius 3 is 2.79 bits per heavy atom. The van der Waals surface area contributed by atoms with Crippen LogP contribution in [0.3, 0.4) is 0 Å². The van der Waals surface area contributed by atoms with Crippen LogP contribution >= 0.6 is 0 Å². The van der Waals surface area contributed by atoms with E-state index in [9.17, 15) is 4.79 Å². The normalized spacial score (nSPS) is 28.8. The first-order valence-electron chi connectivity index (χ1n) is 5.63. The highest BCUT2D eigenvalue weighted by molar-refractivity contribution is 5.76. The van der Waals surface area contributed by atoms with Gasteiger partial charge in [0.1, 0.15) is 0 Å². The van der Waals surface area contributed by atoms with Gasteiger partial charge in [0.2, 0.25) is 5.91 Å². The Morgan fingerprint density at radius 2 is 2.29 bits per heavy atom. The molecule has 14 heavy (non-hydrogen) atoms. The molecule has 0 heterocycles. The third kappa shape index (κ3) is 4.09. The van der Waals surface area contributed by atoms with Gasteiger partial charge in [0.15, 0.2) is 0 Å². The second-order valence-electron chi connectivity index (χ2n) is 4.70. The number of hydrogen-bond acceptors (Lipinski definition) is 2. The van der Waals surface area contributed by atoms with Crippen molar-refractivity contribution < 1.29 is 4.79 Å². The molecule has 0 radical (unpaired) electrons. The number of nitrogens with one attached hydrogen (secondary N) is 1. The molecule has 3 heteroatoms. The van der Waals surface area contributed by atoms with Gasteiger partial charge in [-0.05, 0) is 38.5 Å². The Morgan fingerprint density at radius 1 is 1.57 bits per heavy atom. The van der Waals surface area contributed by atoms with Crippen molar-refractivity contribution in [3.05, 3.63) is 0 Å². The van der Waals surface area contributed by atoms with Crippen molar-refractivity contribution in [3.63, 3.8) is 0 Å². The Bertz CT molecular complexity index is 192. The molecule has 3 unspecified atom stereocenters. The zero-order valence-electron chi connectivity index (χ0n) is 9.25. The molecule has 1 rings (SSSR count). The molecule has 0 saturated heterocycles. The Labute approximate surface area is 86.4 Å². The molecule has 0 spiro atoms. The fourth-order valence-electron chi connectivity index (χ4n) is 2.00. The molecule has 3 atom stereocenters. The maximum absolute atomic E-state index is 11.4. The first kappa shape index (κ1) is 11.5. The lowest BCUT2D eigenvalue weighted by Gasteiger charge is -2.12. The molecule has 1 aliphatic rings. The van der Waals surface area contributed by atoms with Crippen LogP contribution in [0.1, 0.15) is 46.0 Å². The van der Waals surface area contributed by atoms with Gasteiger partial charge in [-0.1, -0.05) is 6.92 Å². The van der Waals surface area contributed by atoms with Crippen molar-refractivity contribution in [1.82, 2.24) is 5.32 Å². The van der Waals surface area contributed by atoms with Crippen LogP contribution in [0.4, 0.5) is 0 Å². The van der Waals surface area contributed by atoms with Gasteiger partial charge in [-0.25, -0.2) is 0 Å². The third-order valence-electron chi connectivity index (χ3n) is 2.89. The van der Waals surface area contributed by atoms with E-state index < -0.39 is 0 Å². The van der Waals surface area contributed by atoms with E-state index in [1.54, 1.807) is 0 Å². The summed E-state index contributed by atoms with van der Waals surface area (Å²) in [5, 5.41) is 3.07. The van der Waals surface area contributed by atoms with Crippen molar-refractivity contribution in [2.24, 2.45) is 11.7 Å². The molecule has 3 nitrogen and oxygen atoms in total. The van der Waals surface area contributed by atoms with Gasteiger partial charge in [0.25, 0.3) is 0 Å². The lowest BCUT2D eigenvalue weighted by atomic mass is 10.1. The Kier molecular flexibility index (Phi) is 4.39. The van der Waals surface area contributed by atoms with E-state index in [0.29, 0.717) is 12.5 Å². The van der Waals surface area contributed by atoms with Crippen LogP contribution in [-0.4, -0.2) is 18.0 Å². The predicted octanol–water partition coefficient (Wildman–Crippen LogP) is 1.42. The molecule has 1 aliphatic carbocycles. The van der Waals surface area contributed by atoms with Gasteiger partial charge in [-0.15, -0.1) is 0 Å². The van der Waals surface area contributed by atoms with E-state index in [4.69, 9.17) is 5.73 Å². The van der Waals surface area contributed by atoms with Gasteiger partial charge in [0.05, 0.1) is 0 Å². The average Bonchev–Trinajstić information content (AvgIpc) is 2.48. The fraction of sp³-hybridized carbons (Fsp3) is 0.909. The third-order valence-corrected chi connectivity index (χ3v) is 2.89. The first-order valence-corrected chi connectivity index (χ1v) is 5.63. The standard InChI is InChI=1S/C11H22N2O/c1-8-3-5-10(7-8)13-11(14)6-4-9(2)12/h8-10H,3-7,12H2,1-2H3,(H,13,14). The van der Waals surface area contributed by atoms with Crippen LogP contribution in [0.5, 0.6) is 0 Å². The summed E-state index contributed by atoms with van der Waals surface area (Å²) in [5.41, 5.74) is 5.59. The van der Waals surface area contributed by atoms with Crippen LogP contribution in [0.2, 0.25) is 0 Å². The maximum atomic E-state index is 11.4. The maximum Gasteiger partial charge on any atom is 0.220 e. The monoisotopic (exact) mass is 198 g/mol. The Balaban J connectivity index is 2.14. The molecule has 0 aliphatic heterocycles. The van der Waals surface area contributed by atoms with Crippen molar-refractivity contribution in [3.8, 4) is 0 Å². The second kappa shape index (κ2) is 5.35. The minimum Gasteiger partial charge on any atom is -0.353 e. The van der Waals surface area contributed by atoms with Crippen molar-refractivity contribution >= 4 is 5.91 Å². The highest BCUT2D eigenvalue weighted by atomic mass is 16.1. The molecular weight excluding hydrogens is 176 g/mol. The van der Waals surface area contributed by atoms with Crippen LogP contribution in [0.15, 0.2) is 0 Å². The molecule has 0 aromatic rings. The number of carbonyl (C=O) groups excluding carboxylic acids is 1. The van der Waals surface area contributed by atoms with Gasteiger partial charge < -0.3 is 11.1 Å². The lowest BCUT2D eigenvalue weighted by Crippen LogP contribution is -2.33. The summed E-state index contributed by atoms with van der Waals surface area (Å²) in [6, 6.07) is 0.550. The summed E-state index contributed by atoms with van der Waals surface area (Å²) in [5.74, 6) is 0.940. The highest BCUT2D eigenvalue weighted by Crippen LogP contribution is 2.24. The zero-order valence-corrected chi connectivity index (χ0v) is 9.25. The van der Waals surface area contributed by atoms with Crippen LogP contribution < -0.4 is 11.1 Å². The smallest absolute Gasteiger partial charge is 0.220 e. The molecule has 1 saturated carbocycles. The van der Waals surface area contributed by atoms with Gasteiger partial charge in [-0.3, -0.25) is 4.79 Å². The number of hydrogen-bond donors (Lipinski definition) is 2. The average molecular weight is 198 g/mol. The molecule has 82 valence electrons. The molecule has 1 fully saturated rings. The highest BCUT2D eigenvalue weighted by Gasteiger charge is 2.22. The topological polar surface area (TPSA) is 55.1 Å². The number of amides is 1. The van der Waals surface area contributed by atoms with Crippen molar-refractivity contribution in [2.75, 3.05) is 0 Å². The van der Waals surface area contributed by atoms with E-state index in [-0.39, 0.29) is 11.9 Å². The first-order chi connectivity index (χ1) is 6.58. The summed E-state index contributed by atoms with van der Waals surface area (Å²) < 4.78 is 0. The van der Waals surface area contributed by atoms with E-state index in [1.165, 1.54) is 6.42 Å². The van der Waals surface area contributed by atoms with E-state index in [2.05, 4.69) is 12.2 Å². The molecule has 1 amide bonds. The van der Waals surface area contributed by atoms with Gasteiger partial charge in [-0.2, -0.15) is 0 Å². The van der Waals surface area contributed by atoms with E-state index in [1.807, 2.05) is 6.92 Å². The van der Waals surface area contributed by atoms with Crippen LogP contribution in [-0.2, 0) is 4.79 Å². The van der Waals surface area contributed by atoms with Crippen molar-refractivity contribution in [2.45, 2.75) is 58.0 Å². The minimum atomic E-state index is 0.128.